The molecule has 0 saturated heterocycles. The van der Waals surface area contributed by atoms with E-state index >= 15 is 0 Å². The van der Waals surface area contributed by atoms with Crippen LogP contribution in [0.15, 0.2) is 70.2 Å². The first-order chi connectivity index (χ1) is 14.2. The molecule has 0 aliphatic rings. The van der Waals surface area contributed by atoms with Gasteiger partial charge < -0.3 is 14.5 Å². The second-order valence-corrected chi connectivity index (χ2v) is 7.10. The zero-order valence-electron chi connectivity index (χ0n) is 15.6. The molecule has 0 spiro atoms. The Morgan fingerprint density at radius 1 is 1.21 bits per heavy atom. The summed E-state index contributed by atoms with van der Waals surface area (Å²) < 4.78 is 12.0. The third kappa shape index (κ3) is 4.61. The lowest BCUT2D eigenvalue weighted by Gasteiger charge is -2.06. The third-order valence-electron chi connectivity index (χ3n) is 4.04. The number of thiazole rings is 1. The highest BCUT2D eigenvalue weighted by atomic mass is 32.1. The molecule has 2 aromatic carbocycles. The number of hydrazone groups is 1. The monoisotopic (exact) mass is 406 g/mol. The Labute approximate surface area is 171 Å². The molecule has 146 valence electrons. The van der Waals surface area contributed by atoms with Crippen molar-refractivity contribution in [3.63, 3.8) is 0 Å². The standard InChI is InChI=1S/C21H18N4O3S/c1-27-15-6-4-5-14(11-15)22-13-20(26)25-23-12-16-9-10-18(28-16)21-24-17-7-2-3-8-19(17)29-21/h2-12,22H,13H2,1H3,(H,25,26)/b23-12-. The van der Waals surface area contributed by atoms with E-state index in [0.29, 0.717) is 11.5 Å². The number of nitrogens with one attached hydrogen (secondary N) is 2. The molecule has 4 rings (SSSR count). The summed E-state index contributed by atoms with van der Waals surface area (Å²) in [6.07, 6.45) is 1.46. The molecule has 0 atom stereocenters. The molecule has 7 nitrogen and oxygen atoms in total. The number of hydrogen-bond acceptors (Lipinski definition) is 7. The minimum atomic E-state index is -0.276. The number of aromatic nitrogens is 1. The van der Waals surface area contributed by atoms with Crippen LogP contribution < -0.4 is 15.5 Å². The fraction of sp³-hybridized carbons (Fsp3) is 0.0952. The fourth-order valence-electron chi connectivity index (χ4n) is 2.64. The Morgan fingerprint density at radius 3 is 2.97 bits per heavy atom. The van der Waals surface area contributed by atoms with Crippen molar-refractivity contribution >= 4 is 39.4 Å². The van der Waals surface area contributed by atoms with Gasteiger partial charge in [0, 0.05) is 11.8 Å². The number of benzene rings is 2. The SMILES string of the molecule is COc1cccc(NCC(=O)N/N=C\c2ccc(-c3nc4ccccc4s3)o2)c1. The lowest BCUT2D eigenvalue weighted by molar-refractivity contribution is -0.119. The minimum Gasteiger partial charge on any atom is -0.497 e. The van der Waals surface area contributed by atoms with Gasteiger partial charge in [0.25, 0.3) is 5.91 Å². The number of nitrogens with zero attached hydrogens (tertiary/aromatic N) is 2. The molecule has 29 heavy (non-hydrogen) atoms. The van der Waals surface area contributed by atoms with Gasteiger partial charge in [-0.25, -0.2) is 10.4 Å². The van der Waals surface area contributed by atoms with Crippen molar-refractivity contribution in [1.82, 2.24) is 10.4 Å². The van der Waals surface area contributed by atoms with E-state index < -0.39 is 0 Å². The van der Waals surface area contributed by atoms with Crippen molar-refractivity contribution < 1.29 is 13.9 Å². The van der Waals surface area contributed by atoms with Gasteiger partial charge in [0.1, 0.15) is 11.5 Å². The number of carbonyl (C=O) groups excluding carboxylic acids is 1. The zero-order chi connectivity index (χ0) is 20.1. The first-order valence-electron chi connectivity index (χ1n) is 8.87. The molecule has 0 radical (unpaired) electrons. The molecule has 0 fully saturated rings. The van der Waals surface area contributed by atoms with E-state index in [4.69, 9.17) is 9.15 Å². The molecule has 0 unspecified atom stereocenters. The summed E-state index contributed by atoms with van der Waals surface area (Å²) in [7, 11) is 1.59. The van der Waals surface area contributed by atoms with E-state index in [1.54, 1.807) is 24.5 Å². The predicted octanol–water partition coefficient (Wildman–Crippen LogP) is 4.13. The van der Waals surface area contributed by atoms with Crippen LogP contribution in [0.4, 0.5) is 5.69 Å². The van der Waals surface area contributed by atoms with E-state index in [2.05, 4.69) is 20.8 Å². The molecule has 2 N–H and O–H groups in total. The van der Waals surface area contributed by atoms with Gasteiger partial charge in [0.15, 0.2) is 10.8 Å². The van der Waals surface area contributed by atoms with Crippen LogP contribution in [-0.4, -0.2) is 30.8 Å². The Hall–Kier alpha value is -3.65. The van der Waals surface area contributed by atoms with Crippen molar-refractivity contribution in [1.29, 1.82) is 0 Å². The summed E-state index contributed by atoms with van der Waals surface area (Å²) in [6, 6.07) is 18.9. The van der Waals surface area contributed by atoms with Gasteiger partial charge in [-0.15, -0.1) is 11.3 Å². The number of rotatable bonds is 7. The number of ether oxygens (including phenoxy) is 1. The summed E-state index contributed by atoms with van der Waals surface area (Å²) >= 11 is 1.56. The Morgan fingerprint density at radius 2 is 2.10 bits per heavy atom. The van der Waals surface area contributed by atoms with Gasteiger partial charge >= 0.3 is 0 Å². The van der Waals surface area contributed by atoms with Crippen LogP contribution in [0.2, 0.25) is 0 Å². The Bertz CT molecular complexity index is 1130. The smallest absolute Gasteiger partial charge is 0.259 e. The summed E-state index contributed by atoms with van der Waals surface area (Å²) in [6.45, 7) is 0.0830. The van der Waals surface area contributed by atoms with Crippen LogP contribution >= 0.6 is 11.3 Å². The van der Waals surface area contributed by atoms with Crippen LogP contribution in [-0.2, 0) is 4.79 Å². The van der Waals surface area contributed by atoms with Gasteiger partial charge in [-0.05, 0) is 36.4 Å². The molecule has 2 heterocycles. The normalized spacial score (nSPS) is 11.1. The first kappa shape index (κ1) is 18.7. The second-order valence-electron chi connectivity index (χ2n) is 6.07. The summed E-state index contributed by atoms with van der Waals surface area (Å²) in [5, 5.41) is 7.75. The molecule has 2 aromatic heterocycles. The van der Waals surface area contributed by atoms with E-state index in [1.807, 2.05) is 54.6 Å². The number of methoxy groups -OCH3 is 1. The topological polar surface area (TPSA) is 88.8 Å². The van der Waals surface area contributed by atoms with Crippen molar-refractivity contribution in [2.75, 3.05) is 19.0 Å². The maximum atomic E-state index is 11.9. The number of anilines is 1. The van der Waals surface area contributed by atoms with E-state index in [1.165, 1.54) is 6.21 Å². The number of para-hydroxylation sites is 1. The van der Waals surface area contributed by atoms with Crippen LogP contribution in [0, 0.1) is 0 Å². The number of carbonyl (C=O) groups is 1. The molecular weight excluding hydrogens is 388 g/mol. The molecule has 0 saturated carbocycles. The van der Waals surface area contributed by atoms with Gasteiger partial charge in [-0.1, -0.05) is 18.2 Å². The summed E-state index contributed by atoms with van der Waals surface area (Å²) in [5.74, 6) is 1.64. The Kier molecular flexibility index (Phi) is 5.53. The second kappa shape index (κ2) is 8.57. The summed E-state index contributed by atoms with van der Waals surface area (Å²) in [5.41, 5.74) is 4.19. The molecule has 0 aliphatic heterocycles. The number of furan rings is 1. The van der Waals surface area contributed by atoms with E-state index in [-0.39, 0.29) is 12.5 Å². The fourth-order valence-corrected chi connectivity index (χ4v) is 3.57. The lowest BCUT2D eigenvalue weighted by atomic mass is 10.3. The maximum absolute atomic E-state index is 11.9. The maximum Gasteiger partial charge on any atom is 0.259 e. The van der Waals surface area contributed by atoms with Crippen molar-refractivity contribution in [3.05, 3.63) is 66.4 Å². The van der Waals surface area contributed by atoms with Gasteiger partial charge in [0.05, 0.1) is 30.1 Å². The number of amides is 1. The summed E-state index contributed by atoms with van der Waals surface area (Å²) in [4.78, 5) is 16.5. The largest absolute Gasteiger partial charge is 0.497 e. The van der Waals surface area contributed by atoms with Crippen LogP contribution in [0.25, 0.3) is 21.0 Å². The van der Waals surface area contributed by atoms with Gasteiger partial charge in [-0.2, -0.15) is 5.10 Å². The van der Waals surface area contributed by atoms with Gasteiger partial charge in [0.2, 0.25) is 0 Å². The molecule has 0 bridgehead atoms. The van der Waals surface area contributed by atoms with Crippen LogP contribution in [0.5, 0.6) is 5.75 Å². The highest BCUT2D eigenvalue weighted by Gasteiger charge is 2.09. The highest BCUT2D eigenvalue weighted by molar-refractivity contribution is 7.21. The Balaban J connectivity index is 1.32. The molecular formula is C21H18N4O3S. The number of fused-ring (bicyclic) bond motifs is 1. The molecule has 0 aliphatic carbocycles. The first-order valence-corrected chi connectivity index (χ1v) is 9.68. The molecule has 4 aromatic rings. The molecule has 8 heteroatoms. The average Bonchev–Trinajstić information content (AvgIpc) is 3.39. The van der Waals surface area contributed by atoms with E-state index in [0.717, 1.165) is 26.7 Å². The molecule has 1 amide bonds. The van der Waals surface area contributed by atoms with Crippen molar-refractivity contribution in [2.24, 2.45) is 5.10 Å². The minimum absolute atomic E-state index is 0.0830. The quantitative estimate of drug-likeness (QED) is 0.356. The zero-order valence-corrected chi connectivity index (χ0v) is 16.4. The average molecular weight is 406 g/mol. The van der Waals surface area contributed by atoms with Crippen LogP contribution in [0.1, 0.15) is 5.76 Å². The van der Waals surface area contributed by atoms with Crippen LogP contribution in [0.3, 0.4) is 0 Å². The highest BCUT2D eigenvalue weighted by Crippen LogP contribution is 2.30. The third-order valence-corrected chi connectivity index (χ3v) is 5.09. The lowest BCUT2D eigenvalue weighted by Crippen LogP contribution is -2.25. The van der Waals surface area contributed by atoms with Crippen molar-refractivity contribution in [3.8, 4) is 16.5 Å². The predicted molar refractivity (Wildman–Crippen MR) is 115 cm³/mol. The van der Waals surface area contributed by atoms with E-state index in [9.17, 15) is 4.79 Å². The van der Waals surface area contributed by atoms with Crippen molar-refractivity contribution in [2.45, 2.75) is 0 Å². The number of hydrogen-bond donors (Lipinski definition) is 2. The van der Waals surface area contributed by atoms with Gasteiger partial charge in [-0.3, -0.25) is 4.79 Å².